The van der Waals surface area contributed by atoms with Crippen molar-refractivity contribution in [1.29, 1.82) is 5.26 Å². The average molecular weight is 239 g/mol. The van der Waals surface area contributed by atoms with Gasteiger partial charge in [0.05, 0.1) is 30.6 Å². The van der Waals surface area contributed by atoms with E-state index in [0.29, 0.717) is 6.54 Å². The molecule has 0 bridgehead atoms. The van der Waals surface area contributed by atoms with Crippen LogP contribution in [0, 0.1) is 23.0 Å². The van der Waals surface area contributed by atoms with Crippen molar-refractivity contribution in [1.82, 2.24) is 0 Å². The van der Waals surface area contributed by atoms with Crippen molar-refractivity contribution in [2.24, 2.45) is 0 Å². The van der Waals surface area contributed by atoms with Gasteiger partial charge in [-0.05, 0) is 12.1 Å². The monoisotopic (exact) mass is 239 g/mol. The zero-order valence-corrected chi connectivity index (χ0v) is 8.99. The van der Waals surface area contributed by atoms with Gasteiger partial charge in [0.1, 0.15) is 0 Å². The van der Waals surface area contributed by atoms with E-state index in [2.05, 4.69) is 0 Å². The lowest BCUT2D eigenvalue weighted by atomic mass is 10.2. The van der Waals surface area contributed by atoms with Gasteiger partial charge in [0.2, 0.25) is 0 Å². The molecule has 90 valence electrons. The lowest BCUT2D eigenvalue weighted by Crippen LogP contribution is -2.42. The molecular formula is C11H11F2N3O. The van der Waals surface area contributed by atoms with Gasteiger partial charge in [-0.15, -0.1) is 0 Å². The maximum Gasteiger partial charge on any atom is 0.184 e. The summed E-state index contributed by atoms with van der Waals surface area (Å²) in [6.45, 7) is 0.845. The third-order valence-electron chi connectivity index (χ3n) is 2.63. The van der Waals surface area contributed by atoms with Crippen LogP contribution >= 0.6 is 0 Å². The summed E-state index contributed by atoms with van der Waals surface area (Å²) in [6.07, 6.45) is -0.647. The molecule has 0 radical (unpaired) electrons. The van der Waals surface area contributed by atoms with Crippen molar-refractivity contribution in [2.45, 2.75) is 6.10 Å². The Bertz CT molecular complexity index is 473. The minimum atomic E-state index is -0.983. The second-order valence-electron chi connectivity index (χ2n) is 3.73. The summed E-state index contributed by atoms with van der Waals surface area (Å²) >= 11 is 0. The standard InChI is InChI=1S/C11H11F2N3O/c12-8-1-2-9(15)11(10(8)13)16-3-4-17-7(5-14)6-16/h1-2,7H,3-4,6,15H2. The molecule has 0 amide bonds. The summed E-state index contributed by atoms with van der Waals surface area (Å²) in [4.78, 5) is 1.53. The number of hydrogen-bond donors (Lipinski definition) is 1. The number of anilines is 2. The molecule has 0 aliphatic carbocycles. The summed E-state index contributed by atoms with van der Waals surface area (Å²) in [5.74, 6) is -1.93. The van der Waals surface area contributed by atoms with E-state index in [9.17, 15) is 8.78 Å². The third-order valence-corrected chi connectivity index (χ3v) is 2.63. The molecule has 0 saturated carbocycles. The van der Waals surface area contributed by atoms with Gasteiger partial charge >= 0.3 is 0 Å². The minimum Gasteiger partial charge on any atom is -0.397 e. The Hall–Kier alpha value is -1.87. The SMILES string of the molecule is N#CC1CN(c2c(N)ccc(F)c2F)CCO1. The van der Waals surface area contributed by atoms with Crippen LogP contribution in [-0.2, 0) is 4.74 Å². The Balaban J connectivity index is 2.34. The van der Waals surface area contributed by atoms with Crippen LogP contribution in [0.1, 0.15) is 0 Å². The van der Waals surface area contributed by atoms with Crippen LogP contribution in [0.4, 0.5) is 20.2 Å². The molecule has 1 saturated heterocycles. The Kier molecular flexibility index (Phi) is 3.11. The summed E-state index contributed by atoms with van der Waals surface area (Å²) < 4.78 is 31.9. The minimum absolute atomic E-state index is 0.00792. The predicted molar refractivity (Wildman–Crippen MR) is 58.3 cm³/mol. The molecule has 1 fully saturated rings. The number of nitriles is 1. The number of morpholine rings is 1. The maximum absolute atomic E-state index is 13.7. The van der Waals surface area contributed by atoms with Gasteiger partial charge in [-0.3, -0.25) is 0 Å². The van der Waals surface area contributed by atoms with Crippen LogP contribution in [0.5, 0.6) is 0 Å². The smallest absolute Gasteiger partial charge is 0.184 e. The summed E-state index contributed by atoms with van der Waals surface area (Å²) in [7, 11) is 0. The Morgan fingerprint density at radius 1 is 1.47 bits per heavy atom. The fourth-order valence-corrected chi connectivity index (χ4v) is 1.81. The average Bonchev–Trinajstić information content (AvgIpc) is 2.35. The summed E-state index contributed by atoms with van der Waals surface area (Å²) in [5, 5.41) is 8.75. The van der Waals surface area contributed by atoms with E-state index in [1.54, 1.807) is 0 Å². The fraction of sp³-hybridized carbons (Fsp3) is 0.364. The third kappa shape index (κ3) is 2.15. The zero-order chi connectivity index (χ0) is 12.4. The number of nitrogens with zero attached hydrogens (tertiary/aromatic N) is 2. The number of nitrogen functional groups attached to an aromatic ring is 1. The Morgan fingerprint density at radius 3 is 2.94 bits per heavy atom. The molecule has 1 unspecified atom stereocenters. The maximum atomic E-state index is 13.7. The molecule has 6 heteroatoms. The van der Waals surface area contributed by atoms with E-state index in [1.807, 2.05) is 6.07 Å². The van der Waals surface area contributed by atoms with E-state index < -0.39 is 17.7 Å². The van der Waals surface area contributed by atoms with Gasteiger partial charge in [0.15, 0.2) is 17.7 Å². The molecule has 2 N–H and O–H groups in total. The highest BCUT2D eigenvalue weighted by Gasteiger charge is 2.25. The van der Waals surface area contributed by atoms with Crippen LogP contribution in [0.2, 0.25) is 0 Å². The van der Waals surface area contributed by atoms with Gasteiger partial charge in [-0.2, -0.15) is 5.26 Å². The first-order chi connectivity index (χ1) is 8.13. The van der Waals surface area contributed by atoms with Crippen molar-refractivity contribution in [3.63, 3.8) is 0 Å². The first-order valence-electron chi connectivity index (χ1n) is 5.13. The van der Waals surface area contributed by atoms with E-state index in [1.165, 1.54) is 11.0 Å². The molecule has 1 aromatic rings. The molecule has 2 rings (SSSR count). The zero-order valence-electron chi connectivity index (χ0n) is 8.99. The van der Waals surface area contributed by atoms with Crippen molar-refractivity contribution >= 4 is 11.4 Å². The van der Waals surface area contributed by atoms with Crippen LogP contribution < -0.4 is 10.6 Å². The first kappa shape index (κ1) is 11.6. The van der Waals surface area contributed by atoms with Gasteiger partial charge in [-0.25, -0.2) is 8.78 Å². The summed E-state index contributed by atoms with van der Waals surface area (Å²) in [5.41, 5.74) is 5.80. The second-order valence-corrected chi connectivity index (χ2v) is 3.73. The molecule has 0 spiro atoms. The van der Waals surface area contributed by atoms with Crippen molar-refractivity contribution in [2.75, 3.05) is 30.3 Å². The molecule has 1 atom stereocenters. The Labute approximate surface area is 97.2 Å². The normalized spacial score (nSPS) is 20.1. The lowest BCUT2D eigenvalue weighted by molar-refractivity contribution is 0.0762. The highest BCUT2D eigenvalue weighted by molar-refractivity contribution is 5.68. The number of rotatable bonds is 1. The van der Waals surface area contributed by atoms with Crippen LogP contribution in [0.15, 0.2) is 12.1 Å². The van der Waals surface area contributed by atoms with Crippen LogP contribution in [0.25, 0.3) is 0 Å². The quantitative estimate of drug-likeness (QED) is 0.750. The largest absolute Gasteiger partial charge is 0.397 e. The second kappa shape index (κ2) is 4.55. The first-order valence-corrected chi connectivity index (χ1v) is 5.13. The molecule has 1 heterocycles. The van der Waals surface area contributed by atoms with Crippen molar-refractivity contribution in [3.8, 4) is 6.07 Å². The number of benzene rings is 1. The lowest BCUT2D eigenvalue weighted by Gasteiger charge is -2.32. The van der Waals surface area contributed by atoms with E-state index in [0.717, 1.165) is 6.07 Å². The molecular weight excluding hydrogens is 228 g/mol. The highest BCUT2D eigenvalue weighted by Crippen LogP contribution is 2.29. The molecule has 17 heavy (non-hydrogen) atoms. The molecule has 4 nitrogen and oxygen atoms in total. The topological polar surface area (TPSA) is 62.3 Å². The molecule has 1 aromatic carbocycles. The number of ether oxygens (including phenoxy) is 1. The van der Waals surface area contributed by atoms with Gasteiger partial charge < -0.3 is 15.4 Å². The molecule has 0 aromatic heterocycles. The number of halogens is 2. The van der Waals surface area contributed by atoms with Gasteiger partial charge in [0, 0.05) is 6.54 Å². The number of nitrogens with two attached hydrogens (primary N) is 1. The van der Waals surface area contributed by atoms with Gasteiger partial charge in [-0.1, -0.05) is 0 Å². The summed E-state index contributed by atoms with van der Waals surface area (Å²) in [6, 6.07) is 4.23. The number of hydrogen-bond acceptors (Lipinski definition) is 4. The van der Waals surface area contributed by atoms with Crippen molar-refractivity contribution in [3.05, 3.63) is 23.8 Å². The Morgan fingerprint density at radius 2 is 2.24 bits per heavy atom. The molecule has 1 aliphatic rings. The van der Waals surface area contributed by atoms with E-state index in [-0.39, 0.29) is 24.5 Å². The van der Waals surface area contributed by atoms with Crippen LogP contribution in [-0.4, -0.2) is 25.8 Å². The fourth-order valence-electron chi connectivity index (χ4n) is 1.81. The van der Waals surface area contributed by atoms with Crippen LogP contribution in [0.3, 0.4) is 0 Å². The van der Waals surface area contributed by atoms with Gasteiger partial charge in [0.25, 0.3) is 0 Å². The highest BCUT2D eigenvalue weighted by atomic mass is 19.2. The molecule has 1 aliphatic heterocycles. The van der Waals surface area contributed by atoms with Crippen molar-refractivity contribution < 1.29 is 13.5 Å². The van der Waals surface area contributed by atoms with E-state index in [4.69, 9.17) is 15.7 Å². The van der Waals surface area contributed by atoms with E-state index >= 15 is 0 Å². The predicted octanol–water partition coefficient (Wildman–Crippen LogP) is 1.28.